The number of amides is 2. The number of aromatic nitrogens is 3. The molecule has 0 saturated heterocycles. The monoisotopic (exact) mass is 409 g/mol. The van der Waals surface area contributed by atoms with Crippen LogP contribution in [0.4, 0.5) is 17.6 Å². The van der Waals surface area contributed by atoms with Crippen molar-refractivity contribution in [2.45, 2.75) is 11.7 Å². The van der Waals surface area contributed by atoms with E-state index >= 15 is 0 Å². The second-order valence-corrected chi connectivity index (χ2v) is 6.83. The molecule has 0 aliphatic heterocycles. The first-order chi connectivity index (χ1) is 14.0. The van der Waals surface area contributed by atoms with Crippen LogP contribution in [0, 0.1) is 0 Å². The lowest BCUT2D eigenvalue weighted by Gasteiger charge is -2.11. The minimum Gasteiger partial charge on any atom is -0.368 e. The number of hydrogen-bond acceptors (Lipinski definition) is 8. The van der Waals surface area contributed by atoms with Gasteiger partial charge in [-0.3, -0.25) is 9.59 Å². The Morgan fingerprint density at radius 2 is 1.55 bits per heavy atom. The topological polar surface area (TPSA) is 149 Å². The first-order valence-electron chi connectivity index (χ1n) is 8.62. The molecule has 0 spiro atoms. The van der Waals surface area contributed by atoms with Gasteiger partial charge >= 0.3 is 0 Å². The lowest BCUT2D eigenvalue weighted by atomic mass is 10.1. The summed E-state index contributed by atoms with van der Waals surface area (Å²) in [5.41, 5.74) is 12.8. The van der Waals surface area contributed by atoms with Crippen LogP contribution in [-0.4, -0.2) is 32.5 Å². The second-order valence-electron chi connectivity index (χ2n) is 5.89. The van der Waals surface area contributed by atoms with Crippen LogP contribution in [0.5, 0.6) is 0 Å². The third-order valence-electron chi connectivity index (χ3n) is 3.72. The van der Waals surface area contributed by atoms with Crippen LogP contribution in [0.25, 0.3) is 0 Å². The largest absolute Gasteiger partial charge is 0.368 e. The molecule has 3 rings (SSSR count). The van der Waals surface area contributed by atoms with Crippen molar-refractivity contribution in [1.82, 2.24) is 20.3 Å². The van der Waals surface area contributed by atoms with Crippen molar-refractivity contribution in [3.05, 3.63) is 65.7 Å². The summed E-state index contributed by atoms with van der Waals surface area (Å²) in [7, 11) is 0. The van der Waals surface area contributed by atoms with Gasteiger partial charge in [-0.15, -0.1) is 0 Å². The zero-order valence-electron chi connectivity index (χ0n) is 15.3. The SMILES string of the molecule is Nc1nc(N)nc(SCC(=O)Nc2ccccc2C(=O)NCc2ccccc2)n1. The summed E-state index contributed by atoms with van der Waals surface area (Å²) in [5, 5.41) is 5.83. The molecule has 29 heavy (non-hydrogen) atoms. The maximum absolute atomic E-state index is 12.6. The summed E-state index contributed by atoms with van der Waals surface area (Å²) in [5.74, 6) is -0.615. The summed E-state index contributed by atoms with van der Waals surface area (Å²) in [6.45, 7) is 0.389. The maximum Gasteiger partial charge on any atom is 0.253 e. The predicted molar refractivity (Wildman–Crippen MR) is 112 cm³/mol. The van der Waals surface area contributed by atoms with Gasteiger partial charge in [-0.05, 0) is 17.7 Å². The van der Waals surface area contributed by atoms with Crippen LogP contribution >= 0.6 is 11.8 Å². The van der Waals surface area contributed by atoms with Crippen LogP contribution < -0.4 is 22.1 Å². The standard InChI is InChI=1S/C19H19N7O2S/c20-17-24-18(21)26-19(25-17)29-11-15(27)23-14-9-5-4-8-13(14)16(28)22-10-12-6-2-1-3-7-12/h1-9H,10-11H2,(H,22,28)(H,23,27)(H4,20,21,24,25,26). The van der Waals surface area contributed by atoms with Gasteiger partial charge in [0.1, 0.15) is 0 Å². The van der Waals surface area contributed by atoms with E-state index < -0.39 is 0 Å². The average Bonchev–Trinajstić information content (AvgIpc) is 2.71. The molecule has 2 aromatic carbocycles. The van der Waals surface area contributed by atoms with Gasteiger partial charge in [-0.25, -0.2) is 0 Å². The zero-order valence-corrected chi connectivity index (χ0v) is 16.1. The quantitative estimate of drug-likeness (QED) is 0.431. The van der Waals surface area contributed by atoms with E-state index in [-0.39, 0.29) is 34.6 Å². The number of hydrogen-bond donors (Lipinski definition) is 4. The fourth-order valence-corrected chi connectivity index (χ4v) is 3.08. The Kier molecular flexibility index (Phi) is 6.59. The molecule has 0 unspecified atom stereocenters. The van der Waals surface area contributed by atoms with E-state index in [1.165, 1.54) is 0 Å². The highest BCUT2D eigenvalue weighted by Crippen LogP contribution is 2.18. The van der Waals surface area contributed by atoms with Crippen LogP contribution in [0.3, 0.4) is 0 Å². The minimum atomic E-state index is -0.323. The summed E-state index contributed by atoms with van der Waals surface area (Å²) in [4.78, 5) is 36.4. The van der Waals surface area contributed by atoms with Crippen molar-refractivity contribution in [3.63, 3.8) is 0 Å². The van der Waals surface area contributed by atoms with Crippen molar-refractivity contribution in [3.8, 4) is 0 Å². The van der Waals surface area contributed by atoms with Crippen molar-refractivity contribution >= 4 is 41.2 Å². The molecule has 2 amide bonds. The van der Waals surface area contributed by atoms with E-state index in [2.05, 4.69) is 25.6 Å². The predicted octanol–water partition coefficient (Wildman–Crippen LogP) is 1.70. The van der Waals surface area contributed by atoms with Crippen LogP contribution in [0.15, 0.2) is 59.8 Å². The first kappa shape index (κ1) is 20.1. The number of carbonyl (C=O) groups excluding carboxylic acids is 2. The van der Waals surface area contributed by atoms with Crippen LogP contribution in [-0.2, 0) is 11.3 Å². The molecule has 0 bridgehead atoms. The van der Waals surface area contributed by atoms with Gasteiger partial charge < -0.3 is 22.1 Å². The molecule has 0 aliphatic carbocycles. The Morgan fingerprint density at radius 1 is 0.897 bits per heavy atom. The Labute approximate surface area is 171 Å². The van der Waals surface area contributed by atoms with Gasteiger partial charge in [0.15, 0.2) is 5.16 Å². The van der Waals surface area contributed by atoms with Crippen LogP contribution in [0.1, 0.15) is 15.9 Å². The molecule has 0 aliphatic rings. The maximum atomic E-state index is 12.6. The Balaban J connectivity index is 1.60. The van der Waals surface area contributed by atoms with E-state index in [1.807, 2.05) is 30.3 Å². The molecule has 148 valence electrons. The fraction of sp³-hybridized carbons (Fsp3) is 0.105. The minimum absolute atomic E-state index is 0.0131. The van der Waals surface area contributed by atoms with E-state index in [4.69, 9.17) is 11.5 Å². The normalized spacial score (nSPS) is 10.3. The first-order valence-corrected chi connectivity index (χ1v) is 9.60. The smallest absolute Gasteiger partial charge is 0.253 e. The van der Waals surface area contributed by atoms with E-state index in [1.54, 1.807) is 24.3 Å². The number of nitrogens with one attached hydrogen (secondary N) is 2. The zero-order chi connectivity index (χ0) is 20.6. The molecular weight excluding hydrogens is 390 g/mol. The molecule has 3 aromatic rings. The lowest BCUT2D eigenvalue weighted by molar-refractivity contribution is -0.113. The van der Waals surface area contributed by atoms with E-state index in [9.17, 15) is 9.59 Å². The number of anilines is 3. The third-order valence-corrected chi connectivity index (χ3v) is 4.57. The summed E-state index contributed by atoms with van der Waals surface area (Å²) < 4.78 is 0. The molecule has 6 N–H and O–H groups in total. The molecule has 0 radical (unpaired) electrons. The van der Waals surface area contributed by atoms with Gasteiger partial charge in [0.05, 0.1) is 17.0 Å². The van der Waals surface area contributed by atoms with Crippen molar-refractivity contribution in [2.75, 3.05) is 22.5 Å². The number of nitrogens with two attached hydrogens (primary N) is 2. The number of nitrogens with zero attached hydrogens (tertiary/aromatic N) is 3. The highest BCUT2D eigenvalue weighted by atomic mass is 32.2. The summed E-state index contributed by atoms with van der Waals surface area (Å²) in [6.07, 6.45) is 0. The van der Waals surface area contributed by atoms with Gasteiger partial charge in [0, 0.05) is 6.54 Å². The second kappa shape index (κ2) is 9.51. The van der Waals surface area contributed by atoms with Gasteiger partial charge in [0.25, 0.3) is 5.91 Å². The average molecular weight is 409 g/mol. The third kappa shape index (κ3) is 5.91. The van der Waals surface area contributed by atoms with Gasteiger partial charge in [-0.1, -0.05) is 54.2 Å². The lowest BCUT2D eigenvalue weighted by Crippen LogP contribution is -2.25. The number of carbonyl (C=O) groups is 2. The van der Waals surface area contributed by atoms with E-state index in [0.29, 0.717) is 17.8 Å². The van der Waals surface area contributed by atoms with Crippen molar-refractivity contribution in [2.24, 2.45) is 0 Å². The Bertz CT molecular complexity index is 994. The van der Waals surface area contributed by atoms with Gasteiger partial charge in [0.2, 0.25) is 17.8 Å². The Hall–Kier alpha value is -3.66. The van der Waals surface area contributed by atoms with E-state index in [0.717, 1.165) is 17.3 Å². The molecule has 0 fully saturated rings. The number of benzene rings is 2. The number of nitrogen functional groups attached to an aromatic ring is 2. The highest BCUT2D eigenvalue weighted by Gasteiger charge is 2.14. The molecule has 1 heterocycles. The summed E-state index contributed by atoms with van der Waals surface area (Å²) >= 11 is 1.06. The molecule has 10 heteroatoms. The highest BCUT2D eigenvalue weighted by molar-refractivity contribution is 7.99. The number of para-hydroxylation sites is 1. The molecule has 0 saturated carbocycles. The molecule has 0 atom stereocenters. The number of rotatable bonds is 7. The van der Waals surface area contributed by atoms with Crippen LogP contribution in [0.2, 0.25) is 0 Å². The van der Waals surface area contributed by atoms with Gasteiger partial charge in [-0.2, -0.15) is 15.0 Å². The summed E-state index contributed by atoms with van der Waals surface area (Å²) in [6, 6.07) is 16.4. The molecule has 1 aromatic heterocycles. The van der Waals surface area contributed by atoms with Crippen molar-refractivity contribution < 1.29 is 9.59 Å². The number of thioether (sulfide) groups is 1. The van der Waals surface area contributed by atoms with Crippen molar-refractivity contribution in [1.29, 1.82) is 0 Å². The molecular formula is C19H19N7O2S. The molecule has 9 nitrogen and oxygen atoms in total. The fourth-order valence-electron chi connectivity index (χ4n) is 2.43. The Morgan fingerprint density at radius 3 is 2.28 bits per heavy atom.